The molecule has 4 aliphatic rings. The van der Waals surface area contributed by atoms with Crippen molar-refractivity contribution >= 4 is 65.0 Å². The summed E-state index contributed by atoms with van der Waals surface area (Å²) in [6, 6.07) is 11.0. The van der Waals surface area contributed by atoms with Gasteiger partial charge in [0.2, 0.25) is 23.6 Å². The first-order valence-electron chi connectivity index (χ1n) is 19.7. The smallest absolute Gasteiger partial charge is 0.274 e. The topological polar surface area (TPSA) is 195 Å². The predicted molar refractivity (Wildman–Crippen MR) is 213 cm³/mol. The second-order valence-electron chi connectivity index (χ2n) is 14.7. The first-order valence-corrected chi connectivity index (χ1v) is 20.6. The Kier molecular flexibility index (Phi) is 12.9. The SMILES string of the molecule is O=C(/C=C/c1cccnc1)NCCCCC1CCN(C(=O)c2ccc(N3CCN(C(=O)CSc4cccc5c4C(=O)N(C4CCC(=O)NC4=O)C5=O)CC3)nn2)CC1. The molecule has 3 fully saturated rings. The number of rotatable bonds is 13. The third-order valence-electron chi connectivity index (χ3n) is 11.0. The van der Waals surface area contributed by atoms with Gasteiger partial charge in [0.1, 0.15) is 6.04 Å². The van der Waals surface area contributed by atoms with Crippen LogP contribution in [0.5, 0.6) is 0 Å². The molecule has 0 spiro atoms. The summed E-state index contributed by atoms with van der Waals surface area (Å²) in [6.45, 7) is 3.90. The van der Waals surface area contributed by atoms with Gasteiger partial charge in [-0.2, -0.15) is 0 Å². The normalized spacial score (nSPS) is 18.8. The second-order valence-corrected chi connectivity index (χ2v) is 15.7. The van der Waals surface area contributed by atoms with E-state index >= 15 is 0 Å². The summed E-state index contributed by atoms with van der Waals surface area (Å²) in [5.41, 5.74) is 1.52. The van der Waals surface area contributed by atoms with Gasteiger partial charge in [-0.25, -0.2) is 0 Å². The van der Waals surface area contributed by atoms with Gasteiger partial charge in [0.05, 0.1) is 16.9 Å². The van der Waals surface area contributed by atoms with Crippen LogP contribution in [-0.4, -0.2) is 129 Å². The minimum atomic E-state index is -1.06. The fraction of sp³-hybridized carbons (Fsp3) is 0.415. The Bertz CT molecular complexity index is 2080. The Morgan fingerprint density at radius 3 is 2.40 bits per heavy atom. The van der Waals surface area contributed by atoms with Crippen LogP contribution >= 0.6 is 11.8 Å². The number of piperidine rings is 2. The molecule has 1 unspecified atom stereocenters. The number of unbranched alkanes of at least 4 members (excludes halogenated alkanes) is 1. The summed E-state index contributed by atoms with van der Waals surface area (Å²) in [5, 5.41) is 13.7. The number of pyridine rings is 1. The zero-order valence-electron chi connectivity index (χ0n) is 32.0. The quantitative estimate of drug-likeness (QED) is 0.111. The number of nitrogens with zero attached hydrogens (tertiary/aromatic N) is 7. The van der Waals surface area contributed by atoms with Crippen molar-refractivity contribution in [2.45, 2.75) is 55.9 Å². The monoisotopic (exact) mass is 807 g/mol. The highest BCUT2D eigenvalue weighted by atomic mass is 32.2. The Hall–Kier alpha value is -5.97. The number of benzene rings is 1. The molecule has 7 rings (SSSR count). The van der Waals surface area contributed by atoms with Crippen molar-refractivity contribution in [2.24, 2.45) is 5.92 Å². The number of hydrogen-bond acceptors (Lipinski definition) is 12. The van der Waals surface area contributed by atoms with Gasteiger partial charge >= 0.3 is 0 Å². The third-order valence-corrected chi connectivity index (χ3v) is 12.0. The summed E-state index contributed by atoms with van der Waals surface area (Å²) < 4.78 is 0. The standard InChI is InChI=1S/C41H45N9O7S/c51-34(13-9-28-6-4-17-42-25-28)43-18-2-1-5-27-15-19-49(20-16-27)40(56)30-10-12-33(46-45-30)47-21-23-48(24-22-47)36(53)26-58-32-8-3-7-29-37(32)41(57)50(39(29)55)31-11-14-35(52)44-38(31)54/h3-4,6-10,12-13,17,25,27,31H,1-2,5,11,14-16,18-24,26H2,(H,43,51)(H,44,52,54)/b13-9+. The number of fused-ring (bicyclic) bond motifs is 1. The Balaban J connectivity index is 0.806. The lowest BCUT2D eigenvalue weighted by molar-refractivity contribution is -0.136. The first-order chi connectivity index (χ1) is 28.2. The van der Waals surface area contributed by atoms with Crippen LogP contribution < -0.4 is 15.5 Å². The van der Waals surface area contributed by atoms with Gasteiger partial charge < -0.3 is 20.0 Å². The molecule has 16 nitrogen and oxygen atoms in total. The molecule has 1 atom stereocenters. The van der Waals surface area contributed by atoms with Crippen LogP contribution in [-0.2, 0) is 19.2 Å². The predicted octanol–water partition coefficient (Wildman–Crippen LogP) is 2.57. The fourth-order valence-corrected chi connectivity index (χ4v) is 8.67. The van der Waals surface area contributed by atoms with Crippen LogP contribution in [0.15, 0.2) is 65.8 Å². The molecule has 17 heteroatoms. The average Bonchev–Trinajstić information content (AvgIpc) is 3.51. The van der Waals surface area contributed by atoms with Crippen molar-refractivity contribution in [2.75, 3.05) is 56.5 Å². The summed E-state index contributed by atoms with van der Waals surface area (Å²) in [7, 11) is 0. The first kappa shape index (κ1) is 40.2. The van der Waals surface area contributed by atoms with E-state index in [-0.39, 0.29) is 47.4 Å². The molecular weight excluding hydrogens is 763 g/mol. The number of carbonyl (C=O) groups is 7. The molecule has 7 amide bonds. The van der Waals surface area contributed by atoms with E-state index in [1.54, 1.807) is 47.6 Å². The van der Waals surface area contributed by atoms with Gasteiger partial charge in [0.15, 0.2) is 11.5 Å². The van der Waals surface area contributed by atoms with E-state index in [4.69, 9.17) is 0 Å². The number of anilines is 1. The highest BCUT2D eigenvalue weighted by Crippen LogP contribution is 2.34. The summed E-state index contributed by atoms with van der Waals surface area (Å²) in [5.74, 6) is -1.46. The number of amides is 7. The zero-order valence-corrected chi connectivity index (χ0v) is 32.8. The van der Waals surface area contributed by atoms with Gasteiger partial charge in [-0.15, -0.1) is 22.0 Å². The van der Waals surface area contributed by atoms with Crippen LogP contribution in [0.2, 0.25) is 0 Å². The molecule has 0 aliphatic carbocycles. The molecule has 0 saturated carbocycles. The van der Waals surface area contributed by atoms with Crippen LogP contribution in [0.4, 0.5) is 5.82 Å². The van der Waals surface area contributed by atoms with E-state index in [9.17, 15) is 33.6 Å². The van der Waals surface area contributed by atoms with E-state index in [0.29, 0.717) is 68.1 Å². The molecule has 6 heterocycles. The highest BCUT2D eigenvalue weighted by molar-refractivity contribution is 8.00. The van der Waals surface area contributed by atoms with E-state index in [1.807, 2.05) is 21.9 Å². The Morgan fingerprint density at radius 2 is 1.67 bits per heavy atom. The highest BCUT2D eigenvalue weighted by Gasteiger charge is 2.45. The van der Waals surface area contributed by atoms with Crippen LogP contribution in [0.3, 0.4) is 0 Å². The molecule has 2 aromatic heterocycles. The lowest BCUT2D eigenvalue weighted by Gasteiger charge is -2.35. The van der Waals surface area contributed by atoms with E-state index in [0.717, 1.165) is 42.6 Å². The minimum Gasteiger partial charge on any atom is -0.353 e. The molecule has 58 heavy (non-hydrogen) atoms. The number of aromatic nitrogens is 3. The average molecular weight is 808 g/mol. The number of carbonyl (C=O) groups excluding carboxylic acids is 7. The summed E-state index contributed by atoms with van der Waals surface area (Å²) in [4.78, 5) is 100. The molecule has 302 valence electrons. The van der Waals surface area contributed by atoms with E-state index in [1.165, 1.54) is 23.9 Å². The molecule has 1 aromatic carbocycles. The molecule has 0 bridgehead atoms. The van der Waals surface area contributed by atoms with Crippen molar-refractivity contribution in [1.29, 1.82) is 0 Å². The van der Waals surface area contributed by atoms with Crippen LogP contribution in [0.1, 0.15) is 81.7 Å². The van der Waals surface area contributed by atoms with Gasteiger partial charge in [-0.3, -0.25) is 48.8 Å². The molecular formula is C41H45N9O7S. The molecule has 3 saturated heterocycles. The van der Waals surface area contributed by atoms with E-state index in [2.05, 4.69) is 25.8 Å². The number of likely N-dealkylation sites (tertiary alicyclic amines) is 1. The Labute approximate surface area is 339 Å². The van der Waals surface area contributed by atoms with Gasteiger partial charge in [-0.1, -0.05) is 25.0 Å². The van der Waals surface area contributed by atoms with E-state index < -0.39 is 29.7 Å². The minimum absolute atomic E-state index is 0.0336. The third kappa shape index (κ3) is 9.41. The maximum Gasteiger partial charge on any atom is 0.274 e. The largest absolute Gasteiger partial charge is 0.353 e. The summed E-state index contributed by atoms with van der Waals surface area (Å²) >= 11 is 1.17. The maximum atomic E-state index is 13.4. The zero-order chi connectivity index (χ0) is 40.6. The van der Waals surface area contributed by atoms with Gasteiger partial charge in [-0.05, 0) is 73.6 Å². The van der Waals surface area contributed by atoms with Crippen molar-refractivity contribution < 1.29 is 33.6 Å². The van der Waals surface area contributed by atoms with Crippen molar-refractivity contribution in [3.05, 3.63) is 83.3 Å². The van der Waals surface area contributed by atoms with Crippen molar-refractivity contribution in [3.8, 4) is 0 Å². The number of hydrogen-bond donors (Lipinski definition) is 2. The fourth-order valence-electron chi connectivity index (χ4n) is 7.69. The second kappa shape index (κ2) is 18.5. The molecule has 3 aromatic rings. The molecule has 2 N–H and O–H groups in total. The summed E-state index contributed by atoms with van der Waals surface area (Å²) in [6.07, 6.45) is 11.6. The lowest BCUT2D eigenvalue weighted by Crippen LogP contribution is -2.54. The number of thioether (sulfide) groups is 1. The molecule has 0 radical (unpaired) electrons. The number of nitrogens with one attached hydrogen (secondary N) is 2. The number of imide groups is 2. The van der Waals surface area contributed by atoms with Gasteiger partial charge in [0, 0.05) is 75.6 Å². The number of piperazine rings is 1. The van der Waals surface area contributed by atoms with Crippen molar-refractivity contribution in [3.63, 3.8) is 0 Å². The van der Waals surface area contributed by atoms with Crippen LogP contribution in [0.25, 0.3) is 6.08 Å². The maximum absolute atomic E-state index is 13.4. The van der Waals surface area contributed by atoms with Crippen molar-refractivity contribution in [1.82, 2.24) is 40.5 Å². The van der Waals surface area contributed by atoms with Crippen LogP contribution in [0, 0.1) is 5.92 Å². The Morgan fingerprint density at radius 1 is 0.862 bits per heavy atom. The van der Waals surface area contributed by atoms with Gasteiger partial charge in [0.25, 0.3) is 17.7 Å². The molecule has 4 aliphatic heterocycles. The lowest BCUT2D eigenvalue weighted by atomic mass is 9.91.